The number of hydrogen-bond acceptors (Lipinski definition) is 5. The van der Waals surface area contributed by atoms with E-state index in [1.807, 2.05) is 0 Å². The molecule has 1 aromatic carbocycles. The Hall–Kier alpha value is -1.61. The van der Waals surface area contributed by atoms with Crippen molar-refractivity contribution in [1.29, 1.82) is 5.26 Å². The Morgan fingerprint density at radius 3 is 2.54 bits per heavy atom. The van der Waals surface area contributed by atoms with Crippen molar-refractivity contribution in [3.63, 3.8) is 0 Å². The molecule has 2 saturated heterocycles. The van der Waals surface area contributed by atoms with Crippen LogP contribution in [0, 0.1) is 11.3 Å². The highest BCUT2D eigenvalue weighted by molar-refractivity contribution is 5.27. The predicted molar refractivity (Wildman–Crippen MR) is 92.9 cm³/mol. The summed E-state index contributed by atoms with van der Waals surface area (Å²) in [6.07, 6.45) is 3.16. The van der Waals surface area contributed by atoms with Gasteiger partial charge < -0.3 is 9.47 Å². The van der Waals surface area contributed by atoms with Crippen molar-refractivity contribution < 1.29 is 9.47 Å². The molecule has 3 rings (SSSR count). The Morgan fingerprint density at radius 1 is 1.12 bits per heavy atom. The van der Waals surface area contributed by atoms with Gasteiger partial charge in [-0.15, -0.1) is 0 Å². The molecule has 2 fully saturated rings. The zero-order valence-corrected chi connectivity index (χ0v) is 14.3. The number of benzene rings is 1. The Morgan fingerprint density at radius 2 is 1.88 bits per heavy atom. The molecule has 0 bridgehead atoms. The first-order chi connectivity index (χ1) is 11.8. The molecule has 0 amide bonds. The summed E-state index contributed by atoms with van der Waals surface area (Å²) < 4.78 is 11.4. The van der Waals surface area contributed by atoms with Crippen LogP contribution < -0.4 is 4.74 Å². The third kappa shape index (κ3) is 5.20. The van der Waals surface area contributed by atoms with Crippen molar-refractivity contribution in [2.45, 2.75) is 31.9 Å². The van der Waals surface area contributed by atoms with E-state index in [0.29, 0.717) is 13.0 Å². The van der Waals surface area contributed by atoms with Gasteiger partial charge in [-0.1, -0.05) is 12.1 Å². The first kappa shape index (κ1) is 17.2. The second-order valence-corrected chi connectivity index (χ2v) is 6.62. The maximum absolute atomic E-state index is 8.66. The van der Waals surface area contributed by atoms with E-state index >= 15 is 0 Å². The highest BCUT2D eigenvalue weighted by Gasteiger charge is 2.17. The molecular formula is C19H27N3O2. The summed E-state index contributed by atoms with van der Waals surface area (Å²) >= 11 is 0. The van der Waals surface area contributed by atoms with Crippen molar-refractivity contribution in [2.24, 2.45) is 0 Å². The van der Waals surface area contributed by atoms with E-state index in [9.17, 15) is 0 Å². The zero-order chi connectivity index (χ0) is 16.6. The van der Waals surface area contributed by atoms with E-state index in [4.69, 9.17) is 14.7 Å². The fourth-order valence-electron chi connectivity index (χ4n) is 3.29. The zero-order valence-electron chi connectivity index (χ0n) is 14.3. The minimum absolute atomic E-state index is 0.266. The molecule has 24 heavy (non-hydrogen) atoms. The molecule has 2 aliphatic heterocycles. The average molecular weight is 329 g/mol. The summed E-state index contributed by atoms with van der Waals surface area (Å²) in [5.74, 6) is 0.926. The predicted octanol–water partition coefficient (Wildman–Crippen LogP) is 2.28. The maximum Gasteiger partial charge on any atom is 0.119 e. The lowest BCUT2D eigenvalue weighted by Gasteiger charge is -2.34. The normalized spacial score (nSPS) is 22.4. The molecule has 0 radical (unpaired) electrons. The van der Waals surface area contributed by atoms with Gasteiger partial charge in [-0.2, -0.15) is 5.26 Å². The largest absolute Gasteiger partial charge is 0.491 e. The molecule has 0 spiro atoms. The summed E-state index contributed by atoms with van der Waals surface area (Å²) in [4.78, 5) is 4.85. The van der Waals surface area contributed by atoms with Gasteiger partial charge in [0.15, 0.2) is 0 Å². The number of rotatable bonds is 7. The lowest BCUT2D eigenvalue weighted by Crippen LogP contribution is -2.46. The average Bonchev–Trinajstić information content (AvgIpc) is 3.14. The second kappa shape index (κ2) is 9.03. The van der Waals surface area contributed by atoms with E-state index in [2.05, 4.69) is 40.1 Å². The van der Waals surface area contributed by atoms with Crippen molar-refractivity contribution in [3.8, 4) is 11.8 Å². The second-order valence-electron chi connectivity index (χ2n) is 6.62. The van der Waals surface area contributed by atoms with E-state index in [1.54, 1.807) is 0 Å². The molecule has 0 N–H and O–H groups in total. The van der Waals surface area contributed by atoms with Crippen molar-refractivity contribution in [1.82, 2.24) is 9.80 Å². The van der Waals surface area contributed by atoms with Gasteiger partial charge in [0.25, 0.3) is 0 Å². The topological polar surface area (TPSA) is 48.7 Å². The van der Waals surface area contributed by atoms with Crippen molar-refractivity contribution in [2.75, 3.05) is 45.9 Å². The third-order valence-electron chi connectivity index (χ3n) is 4.79. The van der Waals surface area contributed by atoms with Gasteiger partial charge in [-0.3, -0.25) is 9.80 Å². The Balaban J connectivity index is 1.39. The van der Waals surface area contributed by atoms with Crippen LogP contribution in [0.25, 0.3) is 0 Å². The summed E-state index contributed by atoms with van der Waals surface area (Å²) in [6, 6.07) is 10.7. The van der Waals surface area contributed by atoms with Crippen LogP contribution in [0.15, 0.2) is 24.3 Å². The van der Waals surface area contributed by atoms with Crippen molar-refractivity contribution in [3.05, 3.63) is 29.8 Å². The van der Waals surface area contributed by atoms with Crippen LogP contribution in [0.4, 0.5) is 0 Å². The first-order valence-electron chi connectivity index (χ1n) is 8.98. The van der Waals surface area contributed by atoms with E-state index in [0.717, 1.165) is 64.5 Å². The van der Waals surface area contributed by atoms with Crippen LogP contribution in [-0.2, 0) is 11.3 Å². The van der Waals surface area contributed by atoms with Gasteiger partial charge in [0.2, 0.25) is 0 Å². The van der Waals surface area contributed by atoms with Gasteiger partial charge in [0, 0.05) is 52.3 Å². The van der Waals surface area contributed by atoms with Crippen LogP contribution in [-0.4, -0.2) is 61.8 Å². The Labute approximate surface area is 144 Å². The van der Waals surface area contributed by atoms with Gasteiger partial charge in [0.1, 0.15) is 12.4 Å². The van der Waals surface area contributed by atoms with E-state index < -0.39 is 0 Å². The number of ether oxygens (including phenoxy) is 2. The monoisotopic (exact) mass is 329 g/mol. The lowest BCUT2D eigenvalue weighted by molar-refractivity contribution is 0.0679. The Bertz CT molecular complexity index is 527. The first-order valence-corrected chi connectivity index (χ1v) is 8.98. The summed E-state index contributed by atoms with van der Waals surface area (Å²) in [5.41, 5.74) is 1.32. The fourth-order valence-corrected chi connectivity index (χ4v) is 3.29. The van der Waals surface area contributed by atoms with Gasteiger partial charge >= 0.3 is 0 Å². The quantitative estimate of drug-likeness (QED) is 0.768. The van der Waals surface area contributed by atoms with E-state index in [-0.39, 0.29) is 6.10 Å². The van der Waals surface area contributed by atoms with E-state index in [1.165, 1.54) is 5.56 Å². The molecule has 1 atom stereocenters. The molecule has 1 unspecified atom stereocenters. The van der Waals surface area contributed by atoms with Gasteiger partial charge in [0.05, 0.1) is 12.2 Å². The number of hydrogen-bond donors (Lipinski definition) is 0. The molecule has 0 aromatic heterocycles. The number of nitrogens with zero attached hydrogens (tertiary/aromatic N) is 3. The standard InChI is InChI=1S/C19H27N3O2/c20-8-2-9-21-10-12-22(13-11-21)15-17-4-6-18(7-5-17)24-16-19-3-1-14-23-19/h4-7,19H,1-3,9-16H2. The minimum atomic E-state index is 0.266. The van der Waals surface area contributed by atoms with Crippen LogP contribution >= 0.6 is 0 Å². The van der Waals surface area contributed by atoms with Crippen LogP contribution in [0.5, 0.6) is 5.75 Å². The number of piperazine rings is 1. The van der Waals surface area contributed by atoms with Gasteiger partial charge in [-0.25, -0.2) is 0 Å². The molecule has 5 nitrogen and oxygen atoms in total. The minimum Gasteiger partial charge on any atom is -0.491 e. The molecule has 0 saturated carbocycles. The Kier molecular flexibility index (Phi) is 6.48. The highest BCUT2D eigenvalue weighted by atomic mass is 16.5. The lowest BCUT2D eigenvalue weighted by atomic mass is 10.2. The molecule has 130 valence electrons. The molecule has 2 heterocycles. The smallest absolute Gasteiger partial charge is 0.119 e. The molecule has 5 heteroatoms. The van der Waals surface area contributed by atoms with Crippen LogP contribution in [0.1, 0.15) is 24.8 Å². The molecule has 0 aliphatic carbocycles. The van der Waals surface area contributed by atoms with Crippen LogP contribution in [0.2, 0.25) is 0 Å². The molecule has 2 aliphatic rings. The molecule has 1 aromatic rings. The fraction of sp³-hybridized carbons (Fsp3) is 0.632. The van der Waals surface area contributed by atoms with Gasteiger partial charge in [-0.05, 0) is 30.5 Å². The van der Waals surface area contributed by atoms with Crippen molar-refractivity contribution >= 4 is 0 Å². The third-order valence-corrected chi connectivity index (χ3v) is 4.79. The maximum atomic E-state index is 8.66. The highest BCUT2D eigenvalue weighted by Crippen LogP contribution is 2.17. The summed E-state index contributed by atoms with van der Waals surface area (Å²) in [7, 11) is 0. The molecular weight excluding hydrogens is 302 g/mol. The van der Waals surface area contributed by atoms with Crippen LogP contribution in [0.3, 0.4) is 0 Å². The SMILES string of the molecule is N#CCCN1CCN(Cc2ccc(OCC3CCCO3)cc2)CC1. The number of nitriles is 1. The summed E-state index contributed by atoms with van der Waals surface area (Å²) in [5, 5.41) is 8.66. The summed E-state index contributed by atoms with van der Waals surface area (Å²) in [6.45, 7) is 7.68.